The average molecular weight is 420 g/mol. The van der Waals surface area contributed by atoms with Crippen molar-refractivity contribution in [2.45, 2.75) is 33.1 Å². The molecule has 1 aliphatic carbocycles. The number of ether oxygens (including phenoxy) is 1. The number of amides is 1. The molecule has 0 unspecified atom stereocenters. The van der Waals surface area contributed by atoms with Crippen LogP contribution < -0.4 is 5.32 Å². The molecular weight excluding hydrogens is 398 g/mol. The van der Waals surface area contributed by atoms with Crippen LogP contribution in [0, 0.1) is 24.2 Å². The Hall–Kier alpha value is -3.24. The van der Waals surface area contributed by atoms with Crippen molar-refractivity contribution in [2.75, 3.05) is 11.9 Å². The third kappa shape index (κ3) is 3.91. The van der Waals surface area contributed by atoms with Crippen molar-refractivity contribution >= 4 is 39.1 Å². The highest BCUT2D eigenvalue weighted by molar-refractivity contribution is 7.16. The van der Waals surface area contributed by atoms with E-state index in [1.165, 1.54) is 11.3 Å². The van der Waals surface area contributed by atoms with E-state index in [2.05, 4.69) is 23.3 Å². The van der Waals surface area contributed by atoms with Crippen molar-refractivity contribution in [1.82, 2.24) is 4.98 Å². The number of pyridine rings is 1. The van der Waals surface area contributed by atoms with Gasteiger partial charge in [0.25, 0.3) is 5.91 Å². The number of hydrogen-bond acceptors (Lipinski definition) is 6. The monoisotopic (exact) mass is 419 g/mol. The second-order valence-corrected chi connectivity index (χ2v) is 8.73. The Labute approximate surface area is 178 Å². The summed E-state index contributed by atoms with van der Waals surface area (Å²) < 4.78 is 5.26. The van der Waals surface area contributed by atoms with Crippen LogP contribution in [0.5, 0.6) is 0 Å². The van der Waals surface area contributed by atoms with Gasteiger partial charge in [0.2, 0.25) is 0 Å². The van der Waals surface area contributed by atoms with Gasteiger partial charge >= 0.3 is 5.97 Å². The van der Waals surface area contributed by atoms with Gasteiger partial charge in [-0.05, 0) is 49.8 Å². The number of anilines is 1. The molecule has 4 rings (SSSR count). The van der Waals surface area contributed by atoms with E-state index in [-0.39, 0.29) is 0 Å². The Morgan fingerprint density at radius 2 is 2.17 bits per heavy atom. The summed E-state index contributed by atoms with van der Waals surface area (Å²) in [5.41, 5.74) is 3.36. The Morgan fingerprint density at radius 1 is 1.37 bits per heavy atom. The van der Waals surface area contributed by atoms with Crippen molar-refractivity contribution < 1.29 is 14.3 Å². The molecule has 1 amide bonds. The Kier molecular flexibility index (Phi) is 5.51. The second kappa shape index (κ2) is 8.25. The SMILES string of the molecule is Cc1cc(C(=O)OCC(=O)Nc2sc3c(c2C#N)CC[C@H](C)C3)c2ccccc2n1. The van der Waals surface area contributed by atoms with Gasteiger partial charge < -0.3 is 10.1 Å². The number of hydrogen-bond donors (Lipinski definition) is 1. The van der Waals surface area contributed by atoms with Gasteiger partial charge in [-0.3, -0.25) is 9.78 Å². The molecule has 0 bridgehead atoms. The fourth-order valence-corrected chi connectivity index (χ4v) is 5.18. The zero-order valence-corrected chi connectivity index (χ0v) is 17.6. The topological polar surface area (TPSA) is 92.1 Å². The minimum Gasteiger partial charge on any atom is -0.452 e. The predicted octanol–water partition coefficient (Wildman–Crippen LogP) is 4.40. The van der Waals surface area contributed by atoms with E-state index in [1.54, 1.807) is 19.1 Å². The molecule has 2 aromatic heterocycles. The zero-order chi connectivity index (χ0) is 21.3. The molecule has 0 saturated heterocycles. The molecule has 0 spiro atoms. The number of nitriles is 1. The molecule has 1 N–H and O–H groups in total. The molecule has 3 aromatic rings. The van der Waals surface area contributed by atoms with Gasteiger partial charge in [-0.1, -0.05) is 25.1 Å². The highest BCUT2D eigenvalue weighted by atomic mass is 32.1. The Balaban J connectivity index is 1.46. The van der Waals surface area contributed by atoms with Crippen LogP contribution in [0.25, 0.3) is 10.9 Å². The van der Waals surface area contributed by atoms with Crippen LogP contribution in [-0.2, 0) is 22.4 Å². The van der Waals surface area contributed by atoms with Gasteiger partial charge in [0.15, 0.2) is 6.61 Å². The first-order chi connectivity index (χ1) is 14.5. The largest absolute Gasteiger partial charge is 0.452 e. The molecule has 1 aliphatic rings. The molecule has 0 saturated carbocycles. The maximum Gasteiger partial charge on any atom is 0.339 e. The van der Waals surface area contributed by atoms with Gasteiger partial charge in [0, 0.05) is 16.0 Å². The number of nitrogens with one attached hydrogen (secondary N) is 1. The van der Waals surface area contributed by atoms with Crippen molar-refractivity contribution in [1.29, 1.82) is 5.26 Å². The van der Waals surface area contributed by atoms with E-state index in [9.17, 15) is 14.9 Å². The lowest BCUT2D eigenvalue weighted by Gasteiger charge is -2.17. The summed E-state index contributed by atoms with van der Waals surface area (Å²) in [4.78, 5) is 30.6. The average Bonchev–Trinajstić information content (AvgIpc) is 3.07. The van der Waals surface area contributed by atoms with Crippen LogP contribution in [0.4, 0.5) is 5.00 Å². The van der Waals surface area contributed by atoms with E-state index in [0.29, 0.717) is 38.6 Å². The molecule has 6 nitrogen and oxygen atoms in total. The van der Waals surface area contributed by atoms with E-state index in [4.69, 9.17) is 4.74 Å². The lowest BCUT2D eigenvalue weighted by molar-refractivity contribution is -0.119. The number of carbonyl (C=O) groups is 2. The molecule has 0 radical (unpaired) electrons. The summed E-state index contributed by atoms with van der Waals surface area (Å²) in [6.45, 7) is 3.58. The number of fused-ring (bicyclic) bond motifs is 2. The van der Waals surface area contributed by atoms with E-state index < -0.39 is 18.5 Å². The van der Waals surface area contributed by atoms with E-state index >= 15 is 0 Å². The maximum absolute atomic E-state index is 12.6. The molecule has 2 heterocycles. The first-order valence-corrected chi connectivity index (χ1v) is 10.7. The van der Waals surface area contributed by atoms with Crippen LogP contribution in [0.1, 0.15) is 45.4 Å². The quantitative estimate of drug-likeness (QED) is 0.633. The summed E-state index contributed by atoms with van der Waals surface area (Å²) in [5, 5.41) is 13.5. The Bertz CT molecular complexity index is 1190. The fourth-order valence-electron chi connectivity index (χ4n) is 3.81. The second-order valence-electron chi connectivity index (χ2n) is 7.62. The number of aryl methyl sites for hydroxylation is 1. The predicted molar refractivity (Wildman–Crippen MR) is 116 cm³/mol. The molecule has 7 heteroatoms. The summed E-state index contributed by atoms with van der Waals surface area (Å²) in [5.74, 6) is -0.459. The fraction of sp³-hybridized carbons (Fsp3) is 0.304. The minimum absolute atomic E-state index is 0.379. The molecule has 1 atom stereocenters. The van der Waals surface area contributed by atoms with Crippen LogP contribution in [-0.4, -0.2) is 23.5 Å². The molecule has 1 aromatic carbocycles. The molecule has 30 heavy (non-hydrogen) atoms. The van der Waals surface area contributed by atoms with Crippen LogP contribution in [0.2, 0.25) is 0 Å². The van der Waals surface area contributed by atoms with Crippen LogP contribution in [0.3, 0.4) is 0 Å². The summed E-state index contributed by atoms with van der Waals surface area (Å²) in [6.07, 6.45) is 2.83. The van der Waals surface area contributed by atoms with Gasteiger partial charge in [0.05, 0.1) is 16.6 Å². The van der Waals surface area contributed by atoms with Gasteiger partial charge in [-0.25, -0.2) is 4.79 Å². The van der Waals surface area contributed by atoms with Crippen LogP contribution in [0.15, 0.2) is 30.3 Å². The van der Waals surface area contributed by atoms with Gasteiger partial charge in [0.1, 0.15) is 11.1 Å². The van der Waals surface area contributed by atoms with Crippen LogP contribution >= 0.6 is 11.3 Å². The minimum atomic E-state index is -0.577. The lowest BCUT2D eigenvalue weighted by atomic mass is 9.89. The van der Waals surface area contributed by atoms with Crippen molar-refractivity contribution in [3.63, 3.8) is 0 Å². The molecule has 0 fully saturated rings. The van der Waals surface area contributed by atoms with Gasteiger partial charge in [-0.15, -0.1) is 11.3 Å². The van der Waals surface area contributed by atoms with E-state index in [0.717, 1.165) is 29.7 Å². The van der Waals surface area contributed by atoms with Crippen molar-refractivity contribution in [3.05, 3.63) is 57.6 Å². The third-order valence-corrected chi connectivity index (χ3v) is 6.44. The number of thiophene rings is 1. The number of benzene rings is 1. The molecular formula is C23H21N3O3S. The number of carbonyl (C=O) groups excluding carboxylic acids is 2. The normalized spacial score (nSPS) is 15.3. The lowest BCUT2D eigenvalue weighted by Crippen LogP contribution is -2.21. The van der Waals surface area contributed by atoms with E-state index in [1.807, 2.05) is 18.2 Å². The maximum atomic E-state index is 12.6. The molecule has 152 valence electrons. The number of aromatic nitrogens is 1. The summed E-state index contributed by atoms with van der Waals surface area (Å²) in [7, 11) is 0. The van der Waals surface area contributed by atoms with Crippen molar-refractivity contribution in [2.24, 2.45) is 5.92 Å². The van der Waals surface area contributed by atoms with Crippen molar-refractivity contribution in [3.8, 4) is 6.07 Å². The highest BCUT2D eigenvalue weighted by Crippen LogP contribution is 2.39. The highest BCUT2D eigenvalue weighted by Gasteiger charge is 2.25. The first kappa shape index (κ1) is 20.0. The smallest absolute Gasteiger partial charge is 0.339 e. The molecule has 0 aliphatic heterocycles. The number of rotatable bonds is 4. The van der Waals surface area contributed by atoms with Gasteiger partial charge in [-0.2, -0.15) is 5.26 Å². The third-order valence-electron chi connectivity index (χ3n) is 5.27. The standard InChI is InChI=1S/C23H21N3O3S/c1-13-7-8-16-18(11-24)22(30-20(16)9-13)26-21(27)12-29-23(28)17-10-14(2)25-19-6-4-3-5-15(17)19/h3-6,10,13H,7-9,12H2,1-2H3,(H,26,27)/t13-/m0/s1. The number of para-hydroxylation sites is 1. The summed E-state index contributed by atoms with van der Waals surface area (Å²) in [6, 6.07) is 11.2. The number of nitrogens with zero attached hydrogens (tertiary/aromatic N) is 2. The number of esters is 1. The Morgan fingerprint density at radius 3 is 2.97 bits per heavy atom. The first-order valence-electron chi connectivity index (χ1n) is 9.84. The zero-order valence-electron chi connectivity index (χ0n) is 16.8. The summed E-state index contributed by atoms with van der Waals surface area (Å²) >= 11 is 1.45.